The molecular formula is C14H12Cl4O2. The third-order valence-corrected chi connectivity index (χ3v) is 3.86. The number of aliphatic hydroxyl groups excluding tert-OH is 2. The molecule has 0 saturated heterocycles. The molecule has 2 N–H and O–H groups in total. The molecule has 0 aromatic heterocycles. The van der Waals surface area contributed by atoms with Gasteiger partial charge in [-0.1, -0.05) is 58.5 Å². The fraction of sp³-hybridized carbons (Fsp3) is 0.143. The number of hydrogen-bond acceptors (Lipinski definition) is 2. The summed E-state index contributed by atoms with van der Waals surface area (Å²) in [5, 5.41) is 19.5. The van der Waals surface area contributed by atoms with E-state index in [1.165, 1.54) is 0 Å². The maximum atomic E-state index is 8.73. The van der Waals surface area contributed by atoms with Crippen LogP contribution in [0.15, 0.2) is 36.4 Å². The van der Waals surface area contributed by atoms with Gasteiger partial charge >= 0.3 is 0 Å². The molecule has 0 bridgehead atoms. The average molecular weight is 354 g/mol. The van der Waals surface area contributed by atoms with Gasteiger partial charge in [-0.2, -0.15) is 0 Å². The Labute approximate surface area is 137 Å². The molecular weight excluding hydrogens is 342 g/mol. The quantitative estimate of drug-likeness (QED) is 0.799. The van der Waals surface area contributed by atoms with Crippen molar-refractivity contribution in [3.63, 3.8) is 0 Å². The van der Waals surface area contributed by atoms with Crippen molar-refractivity contribution >= 4 is 46.4 Å². The molecule has 0 aliphatic heterocycles. The Morgan fingerprint density at radius 1 is 0.600 bits per heavy atom. The van der Waals surface area contributed by atoms with Crippen molar-refractivity contribution in [3.05, 3.63) is 67.6 Å². The molecule has 2 aromatic carbocycles. The van der Waals surface area contributed by atoms with Crippen molar-refractivity contribution in [2.45, 2.75) is 13.2 Å². The second-order valence-electron chi connectivity index (χ2n) is 3.72. The van der Waals surface area contributed by atoms with Crippen LogP contribution in [0.25, 0.3) is 0 Å². The first kappa shape index (κ1) is 17.6. The highest BCUT2D eigenvalue weighted by molar-refractivity contribution is 6.36. The minimum absolute atomic E-state index is 0.113. The SMILES string of the molecule is OCc1c(Cl)cccc1Cl.OCc1c(Cl)cccc1Cl. The van der Waals surface area contributed by atoms with Crippen molar-refractivity contribution in [3.8, 4) is 0 Å². The topological polar surface area (TPSA) is 40.5 Å². The van der Waals surface area contributed by atoms with Crippen molar-refractivity contribution in [2.75, 3.05) is 0 Å². The molecule has 0 unspecified atom stereocenters. The van der Waals surface area contributed by atoms with Crippen molar-refractivity contribution in [2.24, 2.45) is 0 Å². The van der Waals surface area contributed by atoms with E-state index in [1.807, 2.05) is 0 Å². The molecule has 6 heteroatoms. The van der Waals surface area contributed by atoms with Crippen LogP contribution in [-0.4, -0.2) is 10.2 Å². The zero-order chi connectivity index (χ0) is 15.1. The van der Waals surface area contributed by atoms with Crippen molar-refractivity contribution in [1.82, 2.24) is 0 Å². The smallest absolute Gasteiger partial charge is 0.0711 e. The van der Waals surface area contributed by atoms with Crippen LogP contribution in [0.2, 0.25) is 20.1 Å². The molecule has 2 aromatic rings. The Hall–Kier alpha value is -0.480. The highest BCUT2D eigenvalue weighted by Crippen LogP contribution is 2.24. The van der Waals surface area contributed by atoms with E-state index in [1.54, 1.807) is 36.4 Å². The maximum Gasteiger partial charge on any atom is 0.0711 e. The summed E-state index contributed by atoms with van der Waals surface area (Å²) in [6.07, 6.45) is 0. The molecule has 0 fully saturated rings. The highest BCUT2D eigenvalue weighted by Gasteiger charge is 2.02. The van der Waals surface area contributed by atoms with Gasteiger partial charge in [0.2, 0.25) is 0 Å². The molecule has 0 heterocycles. The second-order valence-corrected chi connectivity index (χ2v) is 5.35. The number of benzene rings is 2. The lowest BCUT2D eigenvalue weighted by atomic mass is 10.2. The Balaban J connectivity index is 0.000000200. The average Bonchev–Trinajstić information content (AvgIpc) is 2.40. The number of hydrogen-bond donors (Lipinski definition) is 2. The Morgan fingerprint density at radius 3 is 1.00 bits per heavy atom. The van der Waals surface area contributed by atoms with Gasteiger partial charge in [0.1, 0.15) is 0 Å². The van der Waals surface area contributed by atoms with Crippen molar-refractivity contribution in [1.29, 1.82) is 0 Å². The van der Waals surface area contributed by atoms with Gasteiger partial charge in [0.25, 0.3) is 0 Å². The first-order valence-electron chi connectivity index (χ1n) is 5.58. The third kappa shape index (κ3) is 4.81. The number of rotatable bonds is 2. The molecule has 0 atom stereocenters. The van der Waals surface area contributed by atoms with Crippen LogP contribution in [0.5, 0.6) is 0 Å². The van der Waals surface area contributed by atoms with Gasteiger partial charge in [0.15, 0.2) is 0 Å². The lowest BCUT2D eigenvalue weighted by Crippen LogP contribution is -1.84. The first-order valence-corrected chi connectivity index (χ1v) is 7.10. The molecule has 0 spiro atoms. The van der Waals surface area contributed by atoms with Gasteiger partial charge in [-0.15, -0.1) is 0 Å². The molecule has 0 aliphatic carbocycles. The summed E-state index contributed by atoms with van der Waals surface area (Å²) in [6.45, 7) is -0.225. The molecule has 0 radical (unpaired) electrons. The first-order chi connectivity index (χ1) is 9.51. The van der Waals surface area contributed by atoms with Gasteiger partial charge in [-0.05, 0) is 24.3 Å². The van der Waals surface area contributed by atoms with E-state index in [-0.39, 0.29) is 13.2 Å². The largest absolute Gasteiger partial charge is 0.392 e. The highest BCUT2D eigenvalue weighted by atomic mass is 35.5. The molecule has 2 nitrogen and oxygen atoms in total. The fourth-order valence-electron chi connectivity index (χ4n) is 1.37. The van der Waals surface area contributed by atoms with Gasteiger partial charge < -0.3 is 10.2 Å². The van der Waals surface area contributed by atoms with Gasteiger partial charge in [-0.3, -0.25) is 0 Å². The number of aliphatic hydroxyl groups is 2. The van der Waals surface area contributed by atoms with Crippen molar-refractivity contribution < 1.29 is 10.2 Å². The lowest BCUT2D eigenvalue weighted by Gasteiger charge is -2.00. The van der Waals surface area contributed by atoms with Crippen LogP contribution < -0.4 is 0 Å². The van der Waals surface area contributed by atoms with Crippen LogP contribution in [0.1, 0.15) is 11.1 Å². The minimum atomic E-state index is -0.113. The van der Waals surface area contributed by atoms with E-state index < -0.39 is 0 Å². The molecule has 20 heavy (non-hydrogen) atoms. The van der Waals surface area contributed by atoms with E-state index in [0.717, 1.165) is 0 Å². The Morgan fingerprint density at radius 2 is 0.850 bits per heavy atom. The summed E-state index contributed by atoms with van der Waals surface area (Å²) >= 11 is 22.7. The Bertz CT molecular complexity index is 481. The lowest BCUT2D eigenvalue weighted by molar-refractivity contribution is 0.282. The van der Waals surface area contributed by atoms with E-state index >= 15 is 0 Å². The predicted octanol–water partition coefficient (Wildman–Crippen LogP) is 4.97. The van der Waals surface area contributed by atoms with Gasteiger partial charge in [0, 0.05) is 31.2 Å². The molecule has 0 amide bonds. The zero-order valence-corrected chi connectivity index (χ0v) is 13.3. The monoisotopic (exact) mass is 352 g/mol. The molecule has 0 saturated carbocycles. The second kappa shape index (κ2) is 8.73. The third-order valence-electron chi connectivity index (χ3n) is 2.44. The van der Waals surface area contributed by atoms with Crippen LogP contribution in [0.4, 0.5) is 0 Å². The summed E-state index contributed by atoms with van der Waals surface area (Å²) in [4.78, 5) is 0. The van der Waals surface area contributed by atoms with Crippen LogP contribution in [-0.2, 0) is 13.2 Å². The molecule has 108 valence electrons. The van der Waals surface area contributed by atoms with E-state index in [0.29, 0.717) is 31.2 Å². The molecule has 0 aliphatic rings. The zero-order valence-electron chi connectivity index (χ0n) is 10.3. The van der Waals surface area contributed by atoms with Crippen LogP contribution in [0.3, 0.4) is 0 Å². The Kier molecular flexibility index (Phi) is 7.67. The maximum absolute atomic E-state index is 8.73. The summed E-state index contributed by atoms with van der Waals surface area (Å²) in [6, 6.07) is 10.3. The number of halogens is 4. The van der Waals surface area contributed by atoms with Gasteiger partial charge in [0.05, 0.1) is 13.2 Å². The van der Waals surface area contributed by atoms with E-state index in [4.69, 9.17) is 56.6 Å². The van der Waals surface area contributed by atoms with Gasteiger partial charge in [-0.25, -0.2) is 0 Å². The molecule has 2 rings (SSSR count). The normalized spacial score (nSPS) is 9.90. The van der Waals surface area contributed by atoms with E-state index in [2.05, 4.69) is 0 Å². The van der Waals surface area contributed by atoms with Crippen LogP contribution >= 0.6 is 46.4 Å². The summed E-state index contributed by atoms with van der Waals surface area (Å²) in [5.41, 5.74) is 1.18. The van der Waals surface area contributed by atoms with E-state index in [9.17, 15) is 0 Å². The predicted molar refractivity (Wildman–Crippen MR) is 84.8 cm³/mol. The minimum Gasteiger partial charge on any atom is -0.392 e. The summed E-state index contributed by atoms with van der Waals surface area (Å²) < 4.78 is 0. The standard InChI is InChI=1S/2C7H6Cl2O/c2*8-6-2-1-3-7(9)5(6)4-10/h2*1-3,10H,4H2. The summed E-state index contributed by atoms with van der Waals surface area (Å²) in [5.74, 6) is 0. The summed E-state index contributed by atoms with van der Waals surface area (Å²) in [7, 11) is 0. The fourth-order valence-corrected chi connectivity index (χ4v) is 2.40. The van der Waals surface area contributed by atoms with Crippen LogP contribution in [0, 0.1) is 0 Å².